The highest BCUT2D eigenvalue weighted by Crippen LogP contribution is 2.30. The van der Waals surface area contributed by atoms with E-state index >= 15 is 0 Å². The maximum absolute atomic E-state index is 9.87. The van der Waals surface area contributed by atoms with Gasteiger partial charge < -0.3 is 10.4 Å². The zero-order valence-electron chi connectivity index (χ0n) is 11.5. The molecular formula is C14H20N2OS2. The number of nitrogens with zero attached hydrogens (tertiary/aromatic N) is 1. The number of rotatable bonds is 6. The van der Waals surface area contributed by atoms with E-state index in [0.29, 0.717) is 18.3 Å². The second-order valence-corrected chi connectivity index (χ2v) is 7.28. The van der Waals surface area contributed by atoms with E-state index in [2.05, 4.69) is 49.3 Å². The van der Waals surface area contributed by atoms with Crippen LogP contribution in [0.25, 0.3) is 10.2 Å². The number of hydrogen-bond acceptors (Lipinski definition) is 5. The molecule has 1 aromatic heterocycles. The number of thioether (sulfide) groups is 1. The van der Waals surface area contributed by atoms with E-state index < -0.39 is 0 Å². The molecule has 0 bridgehead atoms. The van der Waals surface area contributed by atoms with Crippen LogP contribution in [0.5, 0.6) is 0 Å². The topological polar surface area (TPSA) is 45.1 Å². The molecule has 0 aliphatic rings. The van der Waals surface area contributed by atoms with E-state index in [1.54, 1.807) is 23.1 Å². The van der Waals surface area contributed by atoms with Gasteiger partial charge in [-0.2, -0.15) is 0 Å². The highest BCUT2D eigenvalue weighted by molar-refractivity contribution is 8.01. The van der Waals surface area contributed by atoms with Crippen LogP contribution in [0.3, 0.4) is 0 Å². The number of aromatic nitrogens is 1. The summed E-state index contributed by atoms with van der Waals surface area (Å²) in [5, 5.41) is 13.1. The maximum atomic E-state index is 9.87. The number of hydrogen-bond donors (Lipinski definition) is 2. The van der Waals surface area contributed by atoms with Crippen LogP contribution in [-0.2, 0) is 0 Å². The van der Waals surface area contributed by atoms with E-state index in [1.807, 2.05) is 0 Å². The Morgan fingerprint density at radius 1 is 1.42 bits per heavy atom. The lowest BCUT2D eigenvalue weighted by molar-refractivity contribution is 0.192. The Labute approximate surface area is 122 Å². The molecule has 0 amide bonds. The minimum absolute atomic E-state index is 0.332. The minimum Gasteiger partial charge on any atom is -0.391 e. The van der Waals surface area contributed by atoms with Crippen molar-refractivity contribution in [3.63, 3.8) is 0 Å². The summed E-state index contributed by atoms with van der Waals surface area (Å²) in [4.78, 5) is 4.59. The Kier molecular flexibility index (Phi) is 5.21. The zero-order chi connectivity index (χ0) is 13.8. The molecule has 2 N–H and O–H groups in total. The van der Waals surface area contributed by atoms with Crippen molar-refractivity contribution in [1.29, 1.82) is 0 Å². The van der Waals surface area contributed by atoms with E-state index in [4.69, 9.17) is 0 Å². The van der Waals surface area contributed by atoms with Crippen LogP contribution in [0, 0.1) is 6.92 Å². The van der Waals surface area contributed by atoms with Gasteiger partial charge in [0.15, 0.2) is 4.34 Å². The third-order valence-corrected chi connectivity index (χ3v) is 5.01. The van der Waals surface area contributed by atoms with Gasteiger partial charge in [-0.05, 0) is 24.6 Å². The van der Waals surface area contributed by atoms with Gasteiger partial charge in [0.25, 0.3) is 0 Å². The van der Waals surface area contributed by atoms with Crippen LogP contribution >= 0.6 is 23.1 Å². The number of fused-ring (bicyclic) bond motifs is 1. The van der Waals surface area contributed by atoms with E-state index in [9.17, 15) is 5.11 Å². The van der Waals surface area contributed by atoms with Gasteiger partial charge in [0.2, 0.25) is 0 Å². The standard InChI is InChI=1S/C14H20N2OS2/c1-9(2)15-7-11(17)8-18-14-16-12-6-10(3)4-5-13(12)19-14/h4-6,9,11,15,17H,7-8H2,1-3H3. The largest absolute Gasteiger partial charge is 0.391 e. The summed E-state index contributed by atoms with van der Waals surface area (Å²) in [5.74, 6) is 0.679. The number of aliphatic hydroxyl groups is 1. The second kappa shape index (κ2) is 6.70. The van der Waals surface area contributed by atoms with Gasteiger partial charge in [-0.25, -0.2) is 4.98 Å². The van der Waals surface area contributed by atoms with Gasteiger partial charge in [-0.15, -0.1) is 11.3 Å². The molecule has 0 saturated heterocycles. The molecule has 1 aromatic carbocycles. The summed E-state index contributed by atoms with van der Waals surface area (Å²) in [6.45, 7) is 6.87. The van der Waals surface area contributed by atoms with Crippen molar-refractivity contribution in [2.45, 2.75) is 37.3 Å². The molecule has 0 spiro atoms. The van der Waals surface area contributed by atoms with Crippen molar-refractivity contribution in [2.24, 2.45) is 0 Å². The molecular weight excluding hydrogens is 276 g/mol. The fourth-order valence-corrected chi connectivity index (χ4v) is 3.68. The molecule has 2 rings (SSSR count). The summed E-state index contributed by atoms with van der Waals surface area (Å²) < 4.78 is 2.24. The van der Waals surface area contributed by atoms with Gasteiger partial charge in [-0.3, -0.25) is 0 Å². The molecule has 2 aromatic rings. The molecule has 19 heavy (non-hydrogen) atoms. The summed E-state index contributed by atoms with van der Waals surface area (Å²) in [6.07, 6.45) is -0.332. The first-order valence-corrected chi connectivity index (χ1v) is 8.26. The van der Waals surface area contributed by atoms with Crippen LogP contribution in [-0.4, -0.2) is 34.5 Å². The normalized spacial score (nSPS) is 13.3. The number of nitrogens with one attached hydrogen (secondary N) is 1. The lowest BCUT2D eigenvalue weighted by Crippen LogP contribution is -2.33. The predicted molar refractivity (Wildman–Crippen MR) is 84.2 cm³/mol. The summed E-state index contributed by atoms with van der Waals surface area (Å²) >= 11 is 3.32. The monoisotopic (exact) mass is 296 g/mol. The van der Waals surface area contributed by atoms with Crippen molar-refractivity contribution in [3.05, 3.63) is 23.8 Å². The van der Waals surface area contributed by atoms with Crippen LogP contribution in [0.15, 0.2) is 22.5 Å². The van der Waals surface area contributed by atoms with Gasteiger partial charge in [0.05, 0.1) is 16.3 Å². The van der Waals surface area contributed by atoms with Crippen LogP contribution in [0.4, 0.5) is 0 Å². The average molecular weight is 296 g/mol. The Morgan fingerprint density at radius 3 is 2.95 bits per heavy atom. The van der Waals surface area contributed by atoms with Gasteiger partial charge in [0, 0.05) is 18.3 Å². The third kappa shape index (κ3) is 4.45. The van der Waals surface area contributed by atoms with Crippen molar-refractivity contribution in [1.82, 2.24) is 10.3 Å². The fourth-order valence-electron chi connectivity index (χ4n) is 1.68. The van der Waals surface area contributed by atoms with Gasteiger partial charge in [-0.1, -0.05) is 31.7 Å². The van der Waals surface area contributed by atoms with E-state index in [1.165, 1.54) is 10.3 Å². The smallest absolute Gasteiger partial charge is 0.151 e. The Bertz CT molecular complexity index is 539. The lowest BCUT2D eigenvalue weighted by atomic mass is 10.2. The third-order valence-electron chi connectivity index (χ3n) is 2.68. The molecule has 5 heteroatoms. The van der Waals surface area contributed by atoms with E-state index in [0.717, 1.165) is 9.86 Å². The molecule has 1 heterocycles. The second-order valence-electron chi connectivity index (χ2n) is 4.98. The average Bonchev–Trinajstić information content (AvgIpc) is 2.75. The first kappa shape index (κ1) is 14.8. The first-order chi connectivity index (χ1) is 9.04. The van der Waals surface area contributed by atoms with Gasteiger partial charge in [0.1, 0.15) is 0 Å². The van der Waals surface area contributed by atoms with Crippen LogP contribution in [0.1, 0.15) is 19.4 Å². The molecule has 0 saturated carbocycles. The minimum atomic E-state index is -0.332. The molecule has 104 valence electrons. The lowest BCUT2D eigenvalue weighted by Gasteiger charge is -2.12. The summed E-state index contributed by atoms with van der Waals surface area (Å²) in [7, 11) is 0. The molecule has 1 atom stereocenters. The van der Waals surface area contributed by atoms with Crippen molar-refractivity contribution < 1.29 is 5.11 Å². The van der Waals surface area contributed by atoms with E-state index in [-0.39, 0.29) is 6.10 Å². The number of thiazole rings is 1. The van der Waals surface area contributed by atoms with Crippen molar-refractivity contribution in [2.75, 3.05) is 12.3 Å². The summed E-state index contributed by atoms with van der Waals surface area (Å²) in [5.41, 5.74) is 2.29. The highest BCUT2D eigenvalue weighted by atomic mass is 32.2. The number of aliphatic hydroxyl groups excluding tert-OH is 1. The Balaban J connectivity index is 1.90. The maximum Gasteiger partial charge on any atom is 0.151 e. The molecule has 0 aliphatic heterocycles. The van der Waals surface area contributed by atoms with Crippen molar-refractivity contribution in [3.8, 4) is 0 Å². The molecule has 0 aliphatic carbocycles. The summed E-state index contributed by atoms with van der Waals surface area (Å²) in [6, 6.07) is 6.73. The fraction of sp³-hybridized carbons (Fsp3) is 0.500. The molecule has 3 nitrogen and oxygen atoms in total. The predicted octanol–water partition coefficient (Wildman–Crippen LogP) is 3.06. The molecule has 0 fully saturated rings. The van der Waals surface area contributed by atoms with Crippen molar-refractivity contribution >= 4 is 33.3 Å². The van der Waals surface area contributed by atoms with Gasteiger partial charge >= 0.3 is 0 Å². The van der Waals surface area contributed by atoms with Crippen LogP contribution < -0.4 is 5.32 Å². The highest BCUT2D eigenvalue weighted by Gasteiger charge is 2.09. The molecule has 0 radical (unpaired) electrons. The number of aryl methyl sites for hydroxylation is 1. The Hall–Kier alpha value is -0.620. The van der Waals surface area contributed by atoms with Crippen LogP contribution in [0.2, 0.25) is 0 Å². The SMILES string of the molecule is Cc1ccc2sc(SCC(O)CNC(C)C)nc2c1. The Morgan fingerprint density at radius 2 is 2.21 bits per heavy atom. The quantitative estimate of drug-likeness (QED) is 0.804. The molecule has 1 unspecified atom stereocenters. The number of benzene rings is 1. The first-order valence-electron chi connectivity index (χ1n) is 6.46. The zero-order valence-corrected chi connectivity index (χ0v) is 13.1.